The van der Waals surface area contributed by atoms with Gasteiger partial charge in [0.1, 0.15) is 6.10 Å². The molecule has 15 rings (SSSR count). The van der Waals surface area contributed by atoms with Gasteiger partial charge in [-0.3, -0.25) is 19.2 Å². The van der Waals surface area contributed by atoms with Crippen molar-refractivity contribution in [1.82, 2.24) is 24.0 Å². The summed E-state index contributed by atoms with van der Waals surface area (Å²) in [6.45, 7) is 3.56. The Morgan fingerprint density at radius 2 is 0.817 bits per heavy atom. The van der Waals surface area contributed by atoms with Crippen LogP contribution >= 0.6 is 58.0 Å². The maximum absolute atomic E-state index is 13.3. The number of halogens is 13. The molecule has 0 unspecified atom stereocenters. The van der Waals surface area contributed by atoms with E-state index in [-0.39, 0.29) is 123 Å². The van der Waals surface area contributed by atoms with Crippen LogP contribution in [0.3, 0.4) is 0 Å². The quantitative estimate of drug-likeness (QED) is 0.0195. The molecular weight excluding hydrogens is 1530 g/mol. The van der Waals surface area contributed by atoms with Crippen LogP contribution in [0.25, 0.3) is 43.6 Å². The Bertz CT molecular complexity index is 4460. The zero-order valence-electron chi connectivity index (χ0n) is 60.5. The van der Waals surface area contributed by atoms with Crippen LogP contribution in [0.1, 0.15) is 196 Å². The van der Waals surface area contributed by atoms with E-state index in [4.69, 9.17) is 77.9 Å². The molecule has 5 N–H and O–H groups in total. The Hall–Kier alpha value is -6.28. The number of benzene rings is 4. The van der Waals surface area contributed by atoms with E-state index in [9.17, 15) is 64.2 Å². The second kappa shape index (κ2) is 37.1. The first-order chi connectivity index (χ1) is 51.9. The predicted octanol–water partition coefficient (Wildman–Crippen LogP) is 21.3. The number of fused-ring (bicyclic) bond motifs is 4. The molecule has 15 nitrogen and oxygen atoms in total. The Kier molecular flexibility index (Phi) is 28.5. The van der Waals surface area contributed by atoms with Crippen LogP contribution in [0.4, 0.5) is 39.9 Å². The fraction of sp³-hybridized carbons (Fsp3) is 0.543. The number of epoxide rings is 2. The van der Waals surface area contributed by atoms with Crippen LogP contribution in [-0.2, 0) is 33.8 Å². The Morgan fingerprint density at radius 1 is 0.486 bits per heavy atom. The van der Waals surface area contributed by atoms with Gasteiger partial charge < -0.3 is 49.1 Å². The van der Waals surface area contributed by atoms with Gasteiger partial charge >= 0.3 is 6.09 Å². The number of hydrogen-bond acceptors (Lipinski definition) is 10. The number of carbonyl (C=O) groups excluding carboxylic acids is 5. The number of Topliss-reactive ketones (excluding diaryl/α,β-unsaturated/α-hetero) is 4. The number of cyclic esters (lactones) is 1. The zero-order chi connectivity index (χ0) is 78.0. The molecule has 4 aromatic heterocycles. The average molecular weight is 1620 g/mol. The number of ketones is 4. The number of aliphatic hydroxyl groups excluding tert-OH is 1. The van der Waals surface area contributed by atoms with Crippen molar-refractivity contribution in [2.75, 3.05) is 32.2 Å². The summed E-state index contributed by atoms with van der Waals surface area (Å²) in [7, 11) is 0. The third-order valence-corrected chi connectivity index (χ3v) is 23.7. The van der Waals surface area contributed by atoms with E-state index in [0.29, 0.717) is 187 Å². The minimum atomic E-state index is -2.56. The summed E-state index contributed by atoms with van der Waals surface area (Å²) >= 11 is 30.5. The van der Waals surface area contributed by atoms with Crippen LogP contribution in [0.5, 0.6) is 0 Å². The molecule has 3 saturated heterocycles. The first kappa shape index (κ1) is 83.6. The summed E-state index contributed by atoms with van der Waals surface area (Å²) in [6, 6.07) is 21.9. The smallest absolute Gasteiger partial charge is 0.407 e. The molecular formula is C81H93Cl5F8N6O9. The molecule has 4 saturated carbocycles. The number of aromatic nitrogens is 4. The van der Waals surface area contributed by atoms with E-state index < -0.39 is 35.9 Å². The van der Waals surface area contributed by atoms with E-state index in [1.165, 1.54) is 0 Å². The van der Waals surface area contributed by atoms with Crippen LogP contribution in [0, 0.1) is 23.7 Å². The number of aliphatic hydroxyl groups is 1. The molecule has 4 aromatic carbocycles. The Morgan fingerprint density at radius 3 is 1.15 bits per heavy atom. The number of nitrogens with zero attached hydrogens (tertiary/aromatic N) is 3. The zero-order valence-corrected chi connectivity index (χ0v) is 64.3. The second-order valence-electron chi connectivity index (χ2n) is 30.3. The largest absolute Gasteiger partial charge is 0.442 e. The van der Waals surface area contributed by atoms with Crippen LogP contribution in [0.2, 0.25) is 20.1 Å². The fourth-order valence-corrected chi connectivity index (χ4v) is 16.7. The van der Waals surface area contributed by atoms with Gasteiger partial charge in [0.05, 0.1) is 93.7 Å². The summed E-state index contributed by atoms with van der Waals surface area (Å²) in [5.41, 5.74) is 11.1. The van der Waals surface area contributed by atoms with Gasteiger partial charge in [0.15, 0.2) is 23.1 Å². The topological polar surface area (TPSA) is 208 Å². The average Bonchev–Trinajstić information content (AvgIpc) is 1.64. The van der Waals surface area contributed by atoms with Crippen molar-refractivity contribution in [3.63, 3.8) is 0 Å². The van der Waals surface area contributed by atoms with Gasteiger partial charge in [-0.25, -0.2) is 39.9 Å². The number of aromatic amines is 1. The highest BCUT2D eigenvalue weighted by Gasteiger charge is 2.39. The SMILES string of the molecule is ClC[C@H]1CO1.NC[C@@H](O)Cn1cc(C(=O)CCC2CCC(F)(F)CC2)c2c(Cl)cccc21.O=C(CCC1CCC(F)(F)CC1)c1c[nH]c2cccc(Cl)c12.O=C(CCC1CCC(F)(F)CC1)c1cn(C[C@H]2CO2)c2cccc(Cl)c12.O=C1NC[C@H](Cn2cc(C(=O)CCC3CCC(F)(F)CC3)c3c(Cl)cccc32)O1. The molecule has 28 heteroatoms. The van der Waals surface area contributed by atoms with Gasteiger partial charge in [-0.2, -0.15) is 0 Å². The van der Waals surface area contributed by atoms with Gasteiger partial charge in [-0.15, -0.1) is 11.6 Å². The van der Waals surface area contributed by atoms with E-state index >= 15 is 0 Å². The van der Waals surface area contributed by atoms with Crippen molar-refractivity contribution >= 4 is 131 Å². The molecule has 7 fully saturated rings. The summed E-state index contributed by atoms with van der Waals surface area (Å²) in [5, 5.41) is 17.5. The number of alkyl halides is 9. The number of hydrogen-bond donors (Lipinski definition) is 4. The van der Waals surface area contributed by atoms with Gasteiger partial charge in [-0.1, -0.05) is 70.7 Å². The van der Waals surface area contributed by atoms with Crippen molar-refractivity contribution in [2.24, 2.45) is 29.4 Å². The lowest BCUT2D eigenvalue weighted by Crippen LogP contribution is -2.25. The van der Waals surface area contributed by atoms with Crippen molar-refractivity contribution < 1.29 is 78.4 Å². The Labute approximate surface area is 652 Å². The molecule has 7 aliphatic rings. The standard InChI is InChI=1S/C21H23ClF2N2O3.C20H25ClF2N2O2.C20H22ClF2NO2.C17H18ClF2NO.C3H5ClO/c22-16-2-1-3-17-19(16)15(12-26(17)11-14-10-25-20(28)29-14)18(27)5-4-13-6-8-21(23,24)9-7-13;21-16-2-1-3-17-19(16)15(12-25(17)11-14(26)10-24)18(27)5-4-13-6-8-20(22,23)9-7-13;21-16-2-1-3-17-19(16)15(11-24(17)10-14-12-26-14)18(25)5-4-13-6-8-20(22,23)9-7-13;18-13-2-1-3-14-16(13)12(10-21-14)15(22)5-4-11-6-8-17(19,20)9-7-11;4-1-3-2-5-3/h1-3,12-14H,4-11H2,(H,25,28);1-3,12-14,26H,4-11,24H2;1-3,11,13-14H,4-10,12H2;1-3,10-11,21H,4-9H2;3H,1-2H2/t3*14-;;3-/m110.0/s1. The number of nitrogens with two attached hydrogens (primary N) is 1. The summed E-state index contributed by atoms with van der Waals surface area (Å²) in [5.74, 6) is -8.74. The molecule has 0 bridgehead atoms. The number of ether oxygens (including phenoxy) is 3. The molecule has 592 valence electrons. The first-order valence-corrected chi connectivity index (χ1v) is 39.8. The minimum Gasteiger partial charge on any atom is -0.442 e. The third kappa shape index (κ3) is 23.0. The molecule has 8 aromatic rings. The summed E-state index contributed by atoms with van der Waals surface area (Å²) < 4.78 is 127. The van der Waals surface area contributed by atoms with Gasteiger partial charge in [-0.05, 0) is 149 Å². The summed E-state index contributed by atoms with van der Waals surface area (Å²) in [6.07, 6.45) is 13.4. The Balaban J connectivity index is 0.000000142. The molecule has 4 aliphatic carbocycles. The number of nitrogens with one attached hydrogen (secondary N) is 2. The molecule has 4 atom stereocenters. The normalized spacial score (nSPS) is 21.2. The minimum absolute atomic E-state index is 0.0247. The third-order valence-electron chi connectivity index (χ3n) is 22.1. The number of rotatable bonds is 24. The number of carbonyl (C=O) groups is 5. The van der Waals surface area contributed by atoms with Gasteiger partial charge in [0, 0.05) is 164 Å². The predicted molar refractivity (Wildman–Crippen MR) is 410 cm³/mol. The van der Waals surface area contributed by atoms with E-state index in [1.807, 2.05) is 57.8 Å². The highest BCUT2D eigenvalue weighted by molar-refractivity contribution is 6.38. The maximum atomic E-state index is 13.3. The molecule has 1 amide bonds. The monoisotopic (exact) mass is 1620 g/mol. The van der Waals surface area contributed by atoms with Crippen molar-refractivity contribution in [2.45, 2.75) is 222 Å². The number of alkyl carbamates (subject to hydrolysis) is 1. The summed E-state index contributed by atoms with van der Waals surface area (Å²) in [4.78, 5) is 65.4. The number of amides is 1. The van der Waals surface area contributed by atoms with E-state index in [2.05, 4.69) is 10.3 Å². The lowest BCUT2D eigenvalue weighted by atomic mass is 9.83. The van der Waals surface area contributed by atoms with Crippen LogP contribution in [-0.4, -0.2) is 133 Å². The van der Waals surface area contributed by atoms with Crippen LogP contribution < -0.4 is 11.1 Å². The molecule has 0 radical (unpaired) electrons. The maximum Gasteiger partial charge on any atom is 0.407 e. The molecule has 109 heavy (non-hydrogen) atoms. The fourth-order valence-electron chi connectivity index (χ4n) is 15.4. The van der Waals surface area contributed by atoms with Crippen molar-refractivity contribution in [1.29, 1.82) is 0 Å². The molecule has 0 spiro atoms. The molecule has 3 aliphatic heterocycles. The lowest BCUT2D eigenvalue weighted by Gasteiger charge is -2.27. The van der Waals surface area contributed by atoms with Crippen molar-refractivity contribution in [3.05, 3.63) is 140 Å². The first-order valence-electron chi connectivity index (χ1n) is 37.8. The van der Waals surface area contributed by atoms with Crippen molar-refractivity contribution in [3.8, 4) is 0 Å². The van der Waals surface area contributed by atoms with E-state index in [0.717, 1.165) is 46.1 Å². The highest BCUT2D eigenvalue weighted by atomic mass is 35.5. The van der Waals surface area contributed by atoms with Gasteiger partial charge in [0.25, 0.3) is 0 Å². The molecule has 7 heterocycles. The van der Waals surface area contributed by atoms with Gasteiger partial charge in [0.2, 0.25) is 23.7 Å². The number of H-pyrrole nitrogens is 1. The highest BCUT2D eigenvalue weighted by Crippen LogP contribution is 2.44. The van der Waals surface area contributed by atoms with Crippen LogP contribution in [0.15, 0.2) is 97.6 Å². The van der Waals surface area contributed by atoms with E-state index in [1.54, 1.807) is 53.5 Å². The lowest BCUT2D eigenvalue weighted by molar-refractivity contribution is -0.0469. The second-order valence-corrected chi connectivity index (χ2v) is 32.2.